The normalized spacial score (nSPS) is 30.8. The zero-order chi connectivity index (χ0) is 14.4. The van der Waals surface area contributed by atoms with E-state index in [0.29, 0.717) is 12.2 Å². The van der Waals surface area contributed by atoms with Gasteiger partial charge >= 0.3 is 0 Å². The molecular weight excluding hydrogens is 250 g/mol. The van der Waals surface area contributed by atoms with Crippen LogP contribution >= 0.6 is 0 Å². The molecule has 2 rings (SSSR count). The van der Waals surface area contributed by atoms with E-state index in [1.165, 1.54) is 45.4 Å². The molecule has 0 amide bonds. The van der Waals surface area contributed by atoms with Gasteiger partial charge in [0.2, 0.25) is 0 Å². The Morgan fingerprint density at radius 2 is 1.80 bits per heavy atom. The third-order valence-electron chi connectivity index (χ3n) is 4.90. The van der Waals surface area contributed by atoms with Crippen LogP contribution in [0.1, 0.15) is 40.0 Å². The van der Waals surface area contributed by atoms with Crippen LogP contribution < -0.4 is 5.32 Å². The van der Waals surface area contributed by atoms with E-state index in [4.69, 9.17) is 4.74 Å². The van der Waals surface area contributed by atoms with Gasteiger partial charge in [0.25, 0.3) is 0 Å². The first-order valence-electron chi connectivity index (χ1n) is 8.55. The van der Waals surface area contributed by atoms with Crippen molar-refractivity contribution in [1.82, 2.24) is 15.1 Å². The predicted molar refractivity (Wildman–Crippen MR) is 84.2 cm³/mol. The first kappa shape index (κ1) is 16.2. The van der Waals surface area contributed by atoms with Crippen LogP contribution in [-0.2, 0) is 4.74 Å². The molecule has 2 fully saturated rings. The van der Waals surface area contributed by atoms with Gasteiger partial charge in [0.05, 0.1) is 12.2 Å². The van der Waals surface area contributed by atoms with Crippen molar-refractivity contribution in [3.8, 4) is 0 Å². The van der Waals surface area contributed by atoms with Crippen LogP contribution in [0.2, 0.25) is 0 Å². The average molecular weight is 283 g/mol. The molecule has 2 aliphatic rings. The topological polar surface area (TPSA) is 27.7 Å². The highest BCUT2D eigenvalue weighted by molar-refractivity contribution is 4.81. The summed E-state index contributed by atoms with van der Waals surface area (Å²) in [5.41, 5.74) is 0. The number of rotatable bonds is 7. The quantitative estimate of drug-likeness (QED) is 0.767. The summed E-state index contributed by atoms with van der Waals surface area (Å²) in [5.74, 6) is 0. The van der Waals surface area contributed by atoms with E-state index < -0.39 is 0 Å². The van der Waals surface area contributed by atoms with Crippen LogP contribution in [0.5, 0.6) is 0 Å². The molecule has 3 unspecified atom stereocenters. The zero-order valence-electron chi connectivity index (χ0n) is 13.6. The molecule has 0 radical (unpaired) electrons. The molecule has 4 nitrogen and oxygen atoms in total. The Balaban J connectivity index is 1.64. The molecule has 0 aromatic carbocycles. The minimum absolute atomic E-state index is 0.446. The molecule has 4 heteroatoms. The monoisotopic (exact) mass is 283 g/mol. The van der Waals surface area contributed by atoms with Crippen LogP contribution in [0.4, 0.5) is 0 Å². The Morgan fingerprint density at radius 1 is 1.10 bits per heavy atom. The highest BCUT2D eigenvalue weighted by Gasteiger charge is 2.28. The van der Waals surface area contributed by atoms with Gasteiger partial charge in [-0.25, -0.2) is 0 Å². The second-order valence-corrected chi connectivity index (χ2v) is 6.36. The van der Waals surface area contributed by atoms with Gasteiger partial charge in [-0.2, -0.15) is 0 Å². The molecule has 2 aliphatic heterocycles. The lowest BCUT2D eigenvalue weighted by atomic mass is 10.1. The van der Waals surface area contributed by atoms with Gasteiger partial charge in [-0.1, -0.05) is 13.8 Å². The molecule has 0 aromatic heterocycles. The first-order chi connectivity index (χ1) is 9.72. The second kappa shape index (κ2) is 8.32. The van der Waals surface area contributed by atoms with E-state index in [1.54, 1.807) is 0 Å². The molecule has 3 atom stereocenters. The Kier molecular flexibility index (Phi) is 6.75. The lowest BCUT2D eigenvalue weighted by molar-refractivity contribution is 0.00915. The number of nitrogens with zero attached hydrogens (tertiary/aromatic N) is 2. The van der Waals surface area contributed by atoms with Crippen molar-refractivity contribution in [3.63, 3.8) is 0 Å². The Hall–Kier alpha value is -0.160. The van der Waals surface area contributed by atoms with Crippen LogP contribution in [-0.4, -0.2) is 73.9 Å². The van der Waals surface area contributed by atoms with Crippen molar-refractivity contribution in [1.29, 1.82) is 0 Å². The molecular formula is C16H33N3O. The lowest BCUT2D eigenvalue weighted by Gasteiger charge is -2.38. The molecule has 20 heavy (non-hydrogen) atoms. The van der Waals surface area contributed by atoms with Gasteiger partial charge in [0.1, 0.15) is 0 Å². The smallest absolute Gasteiger partial charge is 0.0707 e. The summed E-state index contributed by atoms with van der Waals surface area (Å²) < 4.78 is 6.14. The molecule has 2 saturated heterocycles. The van der Waals surface area contributed by atoms with Gasteiger partial charge in [0, 0.05) is 45.3 Å². The second-order valence-electron chi connectivity index (χ2n) is 6.36. The molecule has 0 aliphatic carbocycles. The molecule has 118 valence electrons. The fourth-order valence-corrected chi connectivity index (χ4v) is 3.30. The molecule has 0 aromatic rings. The van der Waals surface area contributed by atoms with Crippen LogP contribution in [0.3, 0.4) is 0 Å². The summed E-state index contributed by atoms with van der Waals surface area (Å²) in [4.78, 5) is 5.22. The van der Waals surface area contributed by atoms with E-state index >= 15 is 0 Å². The zero-order valence-corrected chi connectivity index (χ0v) is 13.6. The molecule has 1 N–H and O–H groups in total. The van der Waals surface area contributed by atoms with Crippen molar-refractivity contribution in [2.24, 2.45) is 0 Å². The number of likely N-dealkylation sites (N-methyl/N-ethyl adjacent to an activating group) is 1. The SMILES string of the molecule is CCNCC1CCC(CN2CCN(C(C)CC)CC2)O1. The highest BCUT2D eigenvalue weighted by atomic mass is 16.5. The molecule has 0 bridgehead atoms. The first-order valence-corrected chi connectivity index (χ1v) is 8.55. The van der Waals surface area contributed by atoms with Crippen molar-refractivity contribution in [3.05, 3.63) is 0 Å². The molecule has 0 saturated carbocycles. The maximum Gasteiger partial charge on any atom is 0.0707 e. The minimum Gasteiger partial charge on any atom is -0.372 e. The Labute approximate surface area is 124 Å². The van der Waals surface area contributed by atoms with Gasteiger partial charge in [-0.05, 0) is 32.7 Å². The van der Waals surface area contributed by atoms with Crippen molar-refractivity contribution in [2.75, 3.05) is 45.8 Å². The fourth-order valence-electron chi connectivity index (χ4n) is 3.30. The van der Waals surface area contributed by atoms with Gasteiger partial charge in [-0.3, -0.25) is 9.80 Å². The minimum atomic E-state index is 0.446. The van der Waals surface area contributed by atoms with Crippen molar-refractivity contribution < 1.29 is 4.74 Å². The lowest BCUT2D eigenvalue weighted by Crippen LogP contribution is -2.51. The number of nitrogens with one attached hydrogen (secondary N) is 1. The van der Waals surface area contributed by atoms with Crippen molar-refractivity contribution in [2.45, 2.75) is 58.3 Å². The fraction of sp³-hybridized carbons (Fsp3) is 1.00. The average Bonchev–Trinajstić information content (AvgIpc) is 2.92. The Bertz CT molecular complexity index is 266. The number of piperazine rings is 1. The van der Waals surface area contributed by atoms with E-state index in [0.717, 1.165) is 25.7 Å². The predicted octanol–water partition coefficient (Wildman–Crippen LogP) is 1.56. The summed E-state index contributed by atoms with van der Waals surface area (Å²) in [6.45, 7) is 14.9. The molecule has 0 spiro atoms. The van der Waals surface area contributed by atoms with E-state index in [2.05, 4.69) is 35.9 Å². The summed E-state index contributed by atoms with van der Waals surface area (Å²) in [6.07, 6.45) is 4.64. The van der Waals surface area contributed by atoms with E-state index in [-0.39, 0.29) is 0 Å². The number of ether oxygens (including phenoxy) is 1. The third-order valence-corrected chi connectivity index (χ3v) is 4.90. The van der Waals surface area contributed by atoms with E-state index in [1.807, 2.05) is 0 Å². The summed E-state index contributed by atoms with van der Waals surface area (Å²) in [7, 11) is 0. The molecule has 2 heterocycles. The summed E-state index contributed by atoms with van der Waals surface area (Å²) in [5, 5.41) is 3.39. The number of hydrogen-bond acceptors (Lipinski definition) is 4. The van der Waals surface area contributed by atoms with Crippen LogP contribution in [0, 0.1) is 0 Å². The maximum absolute atomic E-state index is 6.14. The summed E-state index contributed by atoms with van der Waals surface area (Å²) in [6, 6.07) is 0.740. The van der Waals surface area contributed by atoms with Gasteiger partial charge in [-0.15, -0.1) is 0 Å². The third kappa shape index (κ3) is 4.69. The van der Waals surface area contributed by atoms with Crippen LogP contribution in [0.25, 0.3) is 0 Å². The Morgan fingerprint density at radius 3 is 2.45 bits per heavy atom. The standard InChI is InChI=1S/C16H33N3O/c1-4-14(3)19-10-8-18(9-11-19)13-16-7-6-15(20-16)12-17-5-2/h14-17H,4-13H2,1-3H3. The van der Waals surface area contributed by atoms with Gasteiger partial charge in [0.15, 0.2) is 0 Å². The summed E-state index contributed by atoms with van der Waals surface area (Å²) >= 11 is 0. The van der Waals surface area contributed by atoms with Crippen LogP contribution in [0.15, 0.2) is 0 Å². The van der Waals surface area contributed by atoms with Crippen molar-refractivity contribution >= 4 is 0 Å². The van der Waals surface area contributed by atoms with Gasteiger partial charge < -0.3 is 10.1 Å². The number of hydrogen-bond donors (Lipinski definition) is 1. The van der Waals surface area contributed by atoms with E-state index in [9.17, 15) is 0 Å². The maximum atomic E-state index is 6.14. The largest absolute Gasteiger partial charge is 0.372 e. The highest BCUT2D eigenvalue weighted by Crippen LogP contribution is 2.21.